The molecule has 0 spiro atoms. The van der Waals surface area contributed by atoms with Gasteiger partial charge < -0.3 is 10.1 Å². The van der Waals surface area contributed by atoms with Gasteiger partial charge in [0.15, 0.2) is 0 Å². The highest BCUT2D eigenvalue weighted by Gasteiger charge is 2.38. The summed E-state index contributed by atoms with van der Waals surface area (Å²) in [6, 6.07) is 20.1. The lowest BCUT2D eigenvalue weighted by molar-refractivity contribution is -0.118. The van der Waals surface area contributed by atoms with Crippen LogP contribution in [0.3, 0.4) is 0 Å². The summed E-state index contributed by atoms with van der Waals surface area (Å²) in [7, 11) is 0. The molecule has 0 bridgehead atoms. The lowest BCUT2D eigenvalue weighted by Crippen LogP contribution is -2.43. The predicted molar refractivity (Wildman–Crippen MR) is 121 cm³/mol. The summed E-state index contributed by atoms with van der Waals surface area (Å²) in [6.45, 7) is 1.43. The van der Waals surface area contributed by atoms with E-state index in [9.17, 15) is 9.59 Å². The highest BCUT2D eigenvalue weighted by Crippen LogP contribution is 2.32. The number of hydrogen-bond acceptors (Lipinski definition) is 6. The van der Waals surface area contributed by atoms with E-state index in [4.69, 9.17) is 9.72 Å². The first-order chi connectivity index (χ1) is 15.1. The van der Waals surface area contributed by atoms with E-state index in [-0.39, 0.29) is 21.9 Å². The van der Waals surface area contributed by atoms with Crippen molar-refractivity contribution in [2.45, 2.75) is 30.1 Å². The highest BCUT2D eigenvalue weighted by molar-refractivity contribution is 8.15. The second kappa shape index (κ2) is 8.32. The predicted octanol–water partition coefficient (Wildman–Crippen LogP) is 3.79. The molecule has 2 aliphatic heterocycles. The van der Waals surface area contributed by atoms with Crippen molar-refractivity contribution in [3.05, 3.63) is 71.9 Å². The molecule has 2 saturated heterocycles. The minimum Gasteiger partial charge on any atom is -0.491 e. The molecule has 31 heavy (non-hydrogen) atoms. The first-order valence-electron chi connectivity index (χ1n) is 10.5. The maximum absolute atomic E-state index is 11.8. The second-order valence-electron chi connectivity index (χ2n) is 8.02. The maximum Gasteiger partial charge on any atom is 0.286 e. The van der Waals surface area contributed by atoms with E-state index in [1.165, 1.54) is 0 Å². The van der Waals surface area contributed by atoms with Gasteiger partial charge >= 0.3 is 0 Å². The minimum atomic E-state index is -0.357. The largest absolute Gasteiger partial charge is 0.491 e. The van der Waals surface area contributed by atoms with Crippen LogP contribution < -0.4 is 15.4 Å². The van der Waals surface area contributed by atoms with Gasteiger partial charge in [0, 0.05) is 5.39 Å². The van der Waals surface area contributed by atoms with Crippen molar-refractivity contribution in [2.24, 2.45) is 0 Å². The minimum absolute atomic E-state index is 0.215. The standard InChI is InChI=1S/C24H23N3O3S/c28-22-20(31-23(29)27-22)14-16-6-9-18(10-7-16)30-15-24(12-3-13-25-24)21-11-8-17-4-1-2-5-19(17)26-21/h1-2,4-11,20,25H,3,12-15H2,(H,27,28,29)/t20?,24-/m1/s1. The number of nitrogens with zero attached hydrogens (tertiary/aromatic N) is 1. The molecular weight excluding hydrogens is 410 g/mol. The van der Waals surface area contributed by atoms with Crippen LogP contribution in [0.1, 0.15) is 24.1 Å². The van der Waals surface area contributed by atoms with Crippen LogP contribution in [0.15, 0.2) is 60.7 Å². The zero-order valence-electron chi connectivity index (χ0n) is 17.0. The lowest BCUT2D eigenvalue weighted by Gasteiger charge is -2.29. The zero-order chi connectivity index (χ0) is 21.3. The summed E-state index contributed by atoms with van der Waals surface area (Å²) >= 11 is 1.05. The van der Waals surface area contributed by atoms with Crippen molar-refractivity contribution in [2.75, 3.05) is 13.2 Å². The molecule has 1 unspecified atom stereocenters. The topological polar surface area (TPSA) is 80.3 Å². The Kier molecular flexibility index (Phi) is 5.38. The maximum atomic E-state index is 11.8. The molecule has 5 rings (SSSR count). The Hall–Kier alpha value is -2.90. The van der Waals surface area contributed by atoms with Gasteiger partial charge in [0.25, 0.3) is 5.24 Å². The summed E-state index contributed by atoms with van der Waals surface area (Å²) in [5.74, 6) is 0.560. The van der Waals surface area contributed by atoms with Gasteiger partial charge in [0.05, 0.1) is 22.0 Å². The molecule has 3 aromatic rings. The number of ether oxygens (including phenoxy) is 1. The number of carbonyl (C=O) groups excluding carboxylic acids is 2. The van der Waals surface area contributed by atoms with E-state index in [0.717, 1.165) is 59.1 Å². The molecular formula is C24H23N3O3S. The fourth-order valence-corrected chi connectivity index (χ4v) is 5.08. The first-order valence-corrected chi connectivity index (χ1v) is 11.3. The van der Waals surface area contributed by atoms with Crippen molar-refractivity contribution >= 4 is 33.8 Å². The summed E-state index contributed by atoms with van der Waals surface area (Å²) in [5, 5.41) is 6.45. The van der Waals surface area contributed by atoms with Gasteiger partial charge in [-0.1, -0.05) is 48.2 Å². The molecule has 2 aliphatic rings. The molecule has 0 aliphatic carbocycles. The van der Waals surface area contributed by atoms with Crippen LogP contribution >= 0.6 is 11.8 Å². The molecule has 6 nitrogen and oxygen atoms in total. The number of thioether (sulfide) groups is 1. The molecule has 2 atom stereocenters. The Morgan fingerprint density at radius 1 is 1.06 bits per heavy atom. The van der Waals surface area contributed by atoms with E-state index in [1.807, 2.05) is 42.5 Å². The summed E-state index contributed by atoms with van der Waals surface area (Å²) < 4.78 is 6.18. The number of rotatable bonds is 6. The zero-order valence-corrected chi connectivity index (χ0v) is 17.8. The number of hydrogen-bond donors (Lipinski definition) is 2. The average molecular weight is 434 g/mol. The molecule has 0 radical (unpaired) electrons. The average Bonchev–Trinajstić information content (AvgIpc) is 3.40. The monoisotopic (exact) mass is 433 g/mol. The Morgan fingerprint density at radius 3 is 2.65 bits per heavy atom. The molecule has 2 aromatic carbocycles. The smallest absolute Gasteiger partial charge is 0.286 e. The Labute approximate surface area is 184 Å². The lowest BCUT2D eigenvalue weighted by atomic mass is 9.93. The van der Waals surface area contributed by atoms with Crippen LogP contribution in [0.2, 0.25) is 0 Å². The van der Waals surface area contributed by atoms with Gasteiger partial charge in [-0.05, 0) is 55.6 Å². The molecule has 158 valence electrons. The van der Waals surface area contributed by atoms with E-state index in [2.05, 4.69) is 28.8 Å². The van der Waals surface area contributed by atoms with Crippen molar-refractivity contribution < 1.29 is 14.3 Å². The third kappa shape index (κ3) is 4.16. The van der Waals surface area contributed by atoms with Crippen molar-refractivity contribution in [3.63, 3.8) is 0 Å². The number of aromatic nitrogens is 1. The number of benzene rings is 2. The van der Waals surface area contributed by atoms with E-state index in [0.29, 0.717) is 13.0 Å². The molecule has 2 amide bonds. The quantitative estimate of drug-likeness (QED) is 0.616. The molecule has 3 heterocycles. The first kappa shape index (κ1) is 20.0. The number of nitrogens with one attached hydrogen (secondary N) is 2. The summed E-state index contributed by atoms with van der Waals surface area (Å²) in [4.78, 5) is 28.0. The van der Waals surface area contributed by atoms with Crippen LogP contribution in [-0.2, 0) is 16.8 Å². The number of imide groups is 1. The van der Waals surface area contributed by atoms with Crippen LogP contribution in [0.4, 0.5) is 4.79 Å². The molecule has 2 N–H and O–H groups in total. The van der Waals surface area contributed by atoms with Gasteiger partial charge in [-0.3, -0.25) is 19.9 Å². The van der Waals surface area contributed by atoms with Gasteiger partial charge in [-0.25, -0.2) is 0 Å². The van der Waals surface area contributed by atoms with Crippen LogP contribution in [0.5, 0.6) is 5.75 Å². The fourth-order valence-electron chi connectivity index (χ4n) is 4.22. The van der Waals surface area contributed by atoms with Crippen molar-refractivity contribution in [1.29, 1.82) is 0 Å². The number of fused-ring (bicyclic) bond motifs is 1. The van der Waals surface area contributed by atoms with Crippen LogP contribution in [-0.4, -0.2) is 34.5 Å². The summed E-state index contributed by atoms with van der Waals surface area (Å²) in [6.07, 6.45) is 2.57. The molecule has 1 aromatic heterocycles. The number of para-hydroxylation sites is 1. The third-order valence-electron chi connectivity index (χ3n) is 5.93. The number of carbonyl (C=O) groups is 2. The SMILES string of the molecule is O=C1NC(=O)C(Cc2ccc(OC[C@@]3(c4ccc5ccccc5n4)CCCN3)cc2)S1. The second-order valence-corrected chi connectivity index (χ2v) is 9.20. The van der Waals surface area contributed by atoms with Crippen molar-refractivity contribution in [1.82, 2.24) is 15.6 Å². The van der Waals surface area contributed by atoms with Gasteiger partial charge in [0.1, 0.15) is 12.4 Å². The van der Waals surface area contributed by atoms with Crippen LogP contribution in [0.25, 0.3) is 10.9 Å². The molecule has 0 saturated carbocycles. The number of amides is 2. The Balaban J connectivity index is 1.29. The molecule has 7 heteroatoms. The molecule has 2 fully saturated rings. The normalized spacial score (nSPS) is 23.3. The van der Waals surface area contributed by atoms with E-state index < -0.39 is 0 Å². The van der Waals surface area contributed by atoms with Crippen molar-refractivity contribution in [3.8, 4) is 5.75 Å². The van der Waals surface area contributed by atoms with Gasteiger partial charge in [-0.15, -0.1) is 0 Å². The van der Waals surface area contributed by atoms with E-state index >= 15 is 0 Å². The summed E-state index contributed by atoms with van der Waals surface area (Å²) in [5.41, 5.74) is 2.69. The van der Waals surface area contributed by atoms with Gasteiger partial charge in [0.2, 0.25) is 5.91 Å². The third-order valence-corrected chi connectivity index (χ3v) is 6.91. The Morgan fingerprint density at radius 2 is 1.90 bits per heavy atom. The van der Waals surface area contributed by atoms with E-state index in [1.54, 1.807) is 0 Å². The van der Waals surface area contributed by atoms with Crippen LogP contribution in [0, 0.1) is 0 Å². The number of pyridine rings is 1. The Bertz CT molecular complexity index is 1130. The van der Waals surface area contributed by atoms with Gasteiger partial charge in [-0.2, -0.15) is 0 Å². The fraction of sp³-hybridized carbons (Fsp3) is 0.292. The highest BCUT2D eigenvalue weighted by atomic mass is 32.2.